The van der Waals surface area contributed by atoms with Crippen LogP contribution in [-0.2, 0) is 16.1 Å². The monoisotopic (exact) mass is 309 g/mol. The van der Waals surface area contributed by atoms with Crippen molar-refractivity contribution in [1.29, 1.82) is 0 Å². The molecule has 3 atom stereocenters. The SMILES string of the molecule is C[C@H]1NC(=O)[C@@H]2C[C@H](NCc3ccc(F)cc3F)CN2C1=O. The van der Waals surface area contributed by atoms with E-state index in [2.05, 4.69) is 10.6 Å². The predicted octanol–water partition coefficient (Wildman–Crippen LogP) is 0.542. The average Bonchev–Trinajstić information content (AvgIpc) is 2.89. The van der Waals surface area contributed by atoms with Gasteiger partial charge in [0.25, 0.3) is 0 Å². The van der Waals surface area contributed by atoms with Crippen molar-refractivity contribution in [2.75, 3.05) is 6.54 Å². The van der Waals surface area contributed by atoms with Crippen LogP contribution in [0.1, 0.15) is 18.9 Å². The lowest BCUT2D eigenvalue weighted by atomic mass is 10.1. The number of fused-ring (bicyclic) bond motifs is 1. The summed E-state index contributed by atoms with van der Waals surface area (Å²) in [7, 11) is 0. The Labute approximate surface area is 126 Å². The molecular weight excluding hydrogens is 292 g/mol. The highest BCUT2D eigenvalue weighted by Crippen LogP contribution is 2.23. The summed E-state index contributed by atoms with van der Waals surface area (Å²) < 4.78 is 26.5. The molecule has 1 aromatic carbocycles. The van der Waals surface area contributed by atoms with Gasteiger partial charge in [-0.15, -0.1) is 0 Å². The fourth-order valence-corrected chi connectivity index (χ4v) is 3.02. The molecule has 2 aliphatic rings. The Bertz CT molecular complexity index is 623. The first-order valence-electron chi connectivity index (χ1n) is 7.24. The molecule has 5 nitrogen and oxygen atoms in total. The third-order valence-corrected chi connectivity index (χ3v) is 4.21. The zero-order valence-corrected chi connectivity index (χ0v) is 12.1. The lowest BCUT2D eigenvalue weighted by molar-refractivity contribution is -0.146. The molecule has 2 aliphatic heterocycles. The second-order valence-corrected chi connectivity index (χ2v) is 5.79. The van der Waals surface area contributed by atoms with Crippen molar-refractivity contribution in [3.05, 3.63) is 35.4 Å². The highest BCUT2D eigenvalue weighted by atomic mass is 19.1. The van der Waals surface area contributed by atoms with E-state index in [9.17, 15) is 18.4 Å². The van der Waals surface area contributed by atoms with Crippen LogP contribution in [0.2, 0.25) is 0 Å². The van der Waals surface area contributed by atoms with Gasteiger partial charge in [0, 0.05) is 30.8 Å². The van der Waals surface area contributed by atoms with Crippen LogP contribution in [0, 0.1) is 11.6 Å². The minimum atomic E-state index is -0.615. The Morgan fingerprint density at radius 2 is 2.14 bits per heavy atom. The molecule has 0 aromatic heterocycles. The van der Waals surface area contributed by atoms with Crippen LogP contribution in [-0.4, -0.2) is 41.4 Å². The van der Waals surface area contributed by atoms with E-state index < -0.39 is 23.7 Å². The van der Waals surface area contributed by atoms with E-state index in [1.807, 2.05) is 0 Å². The molecule has 3 rings (SSSR count). The summed E-state index contributed by atoms with van der Waals surface area (Å²) in [6.07, 6.45) is 0.493. The second-order valence-electron chi connectivity index (χ2n) is 5.79. The van der Waals surface area contributed by atoms with Crippen LogP contribution in [0.5, 0.6) is 0 Å². The van der Waals surface area contributed by atoms with Gasteiger partial charge >= 0.3 is 0 Å². The first kappa shape index (κ1) is 14.9. The van der Waals surface area contributed by atoms with E-state index in [1.165, 1.54) is 12.1 Å². The Morgan fingerprint density at radius 1 is 1.36 bits per heavy atom. The van der Waals surface area contributed by atoms with Gasteiger partial charge in [-0.2, -0.15) is 0 Å². The lowest BCUT2D eigenvalue weighted by Gasteiger charge is -2.32. The standard InChI is InChI=1S/C15H17F2N3O2/c1-8-15(22)20-7-11(5-13(20)14(21)19-8)18-6-9-2-3-10(16)4-12(9)17/h2-4,8,11,13,18H,5-7H2,1H3,(H,19,21)/t8-,11+,13+/m1/s1. The van der Waals surface area contributed by atoms with Crippen molar-refractivity contribution in [2.24, 2.45) is 0 Å². The Balaban J connectivity index is 1.63. The smallest absolute Gasteiger partial charge is 0.245 e. The third-order valence-electron chi connectivity index (χ3n) is 4.21. The van der Waals surface area contributed by atoms with Crippen LogP contribution >= 0.6 is 0 Å². The van der Waals surface area contributed by atoms with E-state index in [-0.39, 0.29) is 24.4 Å². The molecule has 0 bridgehead atoms. The number of hydrogen-bond donors (Lipinski definition) is 2. The van der Waals surface area contributed by atoms with Crippen molar-refractivity contribution in [3.8, 4) is 0 Å². The molecule has 2 heterocycles. The van der Waals surface area contributed by atoms with E-state index in [4.69, 9.17) is 0 Å². The molecule has 2 fully saturated rings. The van der Waals surface area contributed by atoms with Gasteiger partial charge in [-0.1, -0.05) is 6.07 Å². The van der Waals surface area contributed by atoms with E-state index in [1.54, 1.807) is 11.8 Å². The summed E-state index contributed by atoms with van der Waals surface area (Å²) in [5.74, 6) is -1.47. The van der Waals surface area contributed by atoms with Gasteiger partial charge < -0.3 is 15.5 Å². The van der Waals surface area contributed by atoms with Gasteiger partial charge in [0.1, 0.15) is 23.7 Å². The normalized spacial score (nSPS) is 27.8. The Kier molecular flexibility index (Phi) is 3.82. The highest BCUT2D eigenvalue weighted by molar-refractivity contribution is 5.97. The Hall–Kier alpha value is -2.02. The first-order valence-corrected chi connectivity index (χ1v) is 7.24. The van der Waals surface area contributed by atoms with Crippen LogP contribution in [0.3, 0.4) is 0 Å². The molecule has 0 aliphatic carbocycles. The number of piperazine rings is 1. The Morgan fingerprint density at radius 3 is 2.86 bits per heavy atom. The average molecular weight is 309 g/mol. The molecule has 22 heavy (non-hydrogen) atoms. The number of carbonyl (C=O) groups excluding carboxylic acids is 2. The molecule has 2 saturated heterocycles. The number of nitrogens with one attached hydrogen (secondary N) is 2. The highest BCUT2D eigenvalue weighted by Gasteiger charge is 2.44. The fraction of sp³-hybridized carbons (Fsp3) is 0.467. The molecular formula is C15H17F2N3O2. The number of rotatable bonds is 3. The topological polar surface area (TPSA) is 61.4 Å². The zero-order valence-electron chi connectivity index (χ0n) is 12.1. The van der Waals surface area contributed by atoms with Crippen LogP contribution in [0.15, 0.2) is 18.2 Å². The van der Waals surface area contributed by atoms with Crippen molar-refractivity contribution in [3.63, 3.8) is 0 Å². The number of nitrogens with zero attached hydrogens (tertiary/aromatic N) is 1. The molecule has 0 spiro atoms. The van der Waals surface area contributed by atoms with Crippen LogP contribution < -0.4 is 10.6 Å². The number of benzene rings is 1. The number of halogens is 2. The number of amides is 2. The summed E-state index contributed by atoms with van der Waals surface area (Å²) in [5, 5.41) is 5.78. The van der Waals surface area contributed by atoms with Crippen molar-refractivity contribution in [2.45, 2.75) is 38.0 Å². The van der Waals surface area contributed by atoms with E-state index in [0.717, 1.165) is 6.07 Å². The summed E-state index contributed by atoms with van der Waals surface area (Å²) in [6, 6.07) is 2.38. The van der Waals surface area contributed by atoms with Crippen LogP contribution in [0.25, 0.3) is 0 Å². The van der Waals surface area contributed by atoms with E-state index >= 15 is 0 Å². The molecule has 118 valence electrons. The molecule has 0 radical (unpaired) electrons. The summed E-state index contributed by atoms with van der Waals surface area (Å²) in [4.78, 5) is 25.5. The number of hydrogen-bond acceptors (Lipinski definition) is 3. The molecule has 0 saturated carbocycles. The van der Waals surface area contributed by atoms with Gasteiger partial charge in [-0.25, -0.2) is 8.78 Å². The van der Waals surface area contributed by atoms with Crippen molar-refractivity contribution >= 4 is 11.8 Å². The van der Waals surface area contributed by atoms with Crippen molar-refractivity contribution in [1.82, 2.24) is 15.5 Å². The largest absolute Gasteiger partial charge is 0.343 e. The molecule has 7 heteroatoms. The summed E-state index contributed by atoms with van der Waals surface area (Å²) >= 11 is 0. The summed E-state index contributed by atoms with van der Waals surface area (Å²) in [5.41, 5.74) is 0.357. The molecule has 2 amide bonds. The molecule has 1 aromatic rings. The quantitative estimate of drug-likeness (QED) is 0.857. The number of carbonyl (C=O) groups is 2. The molecule has 2 N–H and O–H groups in total. The maximum atomic E-state index is 13.6. The van der Waals surface area contributed by atoms with Gasteiger partial charge in [0.2, 0.25) is 11.8 Å². The molecule has 0 unspecified atom stereocenters. The van der Waals surface area contributed by atoms with Gasteiger partial charge in [-0.3, -0.25) is 9.59 Å². The second kappa shape index (κ2) is 5.64. The van der Waals surface area contributed by atoms with Crippen molar-refractivity contribution < 1.29 is 18.4 Å². The zero-order chi connectivity index (χ0) is 15.9. The van der Waals surface area contributed by atoms with Gasteiger partial charge in [0.15, 0.2) is 0 Å². The van der Waals surface area contributed by atoms with E-state index in [0.29, 0.717) is 18.5 Å². The summed E-state index contributed by atoms with van der Waals surface area (Å²) in [6.45, 7) is 2.30. The minimum Gasteiger partial charge on any atom is -0.343 e. The predicted molar refractivity (Wildman–Crippen MR) is 74.7 cm³/mol. The fourth-order valence-electron chi connectivity index (χ4n) is 3.02. The maximum Gasteiger partial charge on any atom is 0.245 e. The van der Waals surface area contributed by atoms with Gasteiger partial charge in [-0.05, 0) is 19.4 Å². The lowest BCUT2D eigenvalue weighted by Crippen LogP contribution is -2.60. The van der Waals surface area contributed by atoms with Crippen LogP contribution in [0.4, 0.5) is 8.78 Å². The third kappa shape index (κ3) is 2.68. The minimum absolute atomic E-state index is 0.0885. The first-order chi connectivity index (χ1) is 10.5. The van der Waals surface area contributed by atoms with Gasteiger partial charge in [0.05, 0.1) is 0 Å². The maximum absolute atomic E-state index is 13.6.